The van der Waals surface area contributed by atoms with Crippen molar-refractivity contribution < 1.29 is 9.53 Å². The van der Waals surface area contributed by atoms with Crippen LogP contribution in [0.25, 0.3) is 0 Å². The first-order chi connectivity index (χ1) is 6.19. The zero-order valence-electron chi connectivity index (χ0n) is 8.34. The van der Waals surface area contributed by atoms with Crippen LogP contribution in [0.3, 0.4) is 0 Å². The second kappa shape index (κ2) is 4.72. The second-order valence-electron chi connectivity index (χ2n) is 3.80. The van der Waals surface area contributed by atoms with Gasteiger partial charge >= 0.3 is 0 Å². The van der Waals surface area contributed by atoms with Crippen molar-refractivity contribution in [3.05, 3.63) is 0 Å². The summed E-state index contributed by atoms with van der Waals surface area (Å²) < 4.78 is 5.19. The number of ether oxygens (including phenoxy) is 1. The Balaban J connectivity index is 2.42. The number of carbonyl (C=O) groups is 1. The monoisotopic (exact) mass is 185 g/mol. The molecule has 3 heteroatoms. The third-order valence-corrected chi connectivity index (χ3v) is 2.70. The van der Waals surface area contributed by atoms with Crippen molar-refractivity contribution in [2.24, 2.45) is 5.73 Å². The molecule has 1 heterocycles. The summed E-state index contributed by atoms with van der Waals surface area (Å²) in [6, 6.07) is 0. The van der Waals surface area contributed by atoms with Crippen molar-refractivity contribution in [2.45, 2.75) is 44.6 Å². The highest BCUT2D eigenvalue weighted by Crippen LogP contribution is 2.20. The zero-order chi connectivity index (χ0) is 9.73. The molecule has 0 saturated carbocycles. The molecule has 3 nitrogen and oxygen atoms in total. The number of nitrogens with two attached hydrogens (primary N) is 1. The Kier molecular flexibility index (Phi) is 3.88. The number of Topliss-reactive ketones (excluding diaryl/α,β-unsaturated/α-hetero) is 1. The summed E-state index contributed by atoms with van der Waals surface area (Å²) in [6.45, 7) is 3.35. The van der Waals surface area contributed by atoms with Crippen LogP contribution in [0.2, 0.25) is 0 Å². The van der Waals surface area contributed by atoms with E-state index in [9.17, 15) is 4.79 Å². The number of carbonyl (C=O) groups excluding carboxylic acids is 1. The molecule has 1 aliphatic heterocycles. The fraction of sp³-hybridized carbons (Fsp3) is 0.900. The van der Waals surface area contributed by atoms with E-state index in [0.29, 0.717) is 32.5 Å². The van der Waals surface area contributed by atoms with Gasteiger partial charge in [0.25, 0.3) is 0 Å². The Morgan fingerprint density at radius 1 is 1.46 bits per heavy atom. The number of rotatable bonds is 4. The molecule has 0 bridgehead atoms. The summed E-state index contributed by atoms with van der Waals surface area (Å²) in [4.78, 5) is 11.7. The molecule has 0 atom stereocenters. The van der Waals surface area contributed by atoms with Crippen molar-refractivity contribution in [1.82, 2.24) is 0 Å². The topological polar surface area (TPSA) is 52.3 Å². The molecule has 0 amide bonds. The molecule has 76 valence electrons. The highest BCUT2D eigenvalue weighted by atomic mass is 16.5. The smallest absolute Gasteiger partial charge is 0.152 e. The highest BCUT2D eigenvalue weighted by molar-refractivity contribution is 5.88. The van der Waals surface area contributed by atoms with Crippen LogP contribution in [0.15, 0.2) is 0 Å². The molecule has 0 unspecified atom stereocenters. The first-order valence-corrected chi connectivity index (χ1v) is 5.09. The molecule has 0 radical (unpaired) electrons. The Morgan fingerprint density at radius 2 is 2.08 bits per heavy atom. The summed E-state index contributed by atoms with van der Waals surface area (Å²) >= 11 is 0. The normalized spacial score (nSPS) is 21.4. The van der Waals surface area contributed by atoms with E-state index in [0.717, 1.165) is 12.8 Å². The zero-order valence-corrected chi connectivity index (χ0v) is 8.34. The summed E-state index contributed by atoms with van der Waals surface area (Å²) in [5, 5.41) is 0. The molecule has 0 aromatic heterocycles. The van der Waals surface area contributed by atoms with Crippen LogP contribution in [0, 0.1) is 0 Å². The summed E-state index contributed by atoms with van der Waals surface area (Å²) in [6.07, 6.45) is 4.02. The van der Waals surface area contributed by atoms with Gasteiger partial charge in [-0.1, -0.05) is 13.3 Å². The minimum absolute atomic E-state index is 0.220. The van der Waals surface area contributed by atoms with Crippen molar-refractivity contribution >= 4 is 5.78 Å². The number of hydrogen-bond donors (Lipinski definition) is 1. The predicted molar refractivity (Wildman–Crippen MR) is 51.5 cm³/mol. The van der Waals surface area contributed by atoms with Gasteiger partial charge in [-0.3, -0.25) is 4.79 Å². The maximum atomic E-state index is 11.7. The Bertz CT molecular complexity index is 174. The predicted octanol–water partition coefficient (Wildman–Crippen LogP) is 1.25. The van der Waals surface area contributed by atoms with Crippen LogP contribution in [-0.4, -0.2) is 24.5 Å². The fourth-order valence-corrected chi connectivity index (χ4v) is 1.60. The lowest BCUT2D eigenvalue weighted by molar-refractivity contribution is -0.127. The maximum Gasteiger partial charge on any atom is 0.152 e. The van der Waals surface area contributed by atoms with Gasteiger partial charge in [0.15, 0.2) is 5.78 Å². The van der Waals surface area contributed by atoms with E-state index in [1.54, 1.807) is 0 Å². The van der Waals surface area contributed by atoms with Gasteiger partial charge < -0.3 is 10.5 Å². The third-order valence-electron chi connectivity index (χ3n) is 2.70. The van der Waals surface area contributed by atoms with E-state index in [1.807, 2.05) is 0 Å². The minimum atomic E-state index is -0.576. The van der Waals surface area contributed by atoms with Crippen molar-refractivity contribution in [3.63, 3.8) is 0 Å². The lowest BCUT2D eigenvalue weighted by Crippen LogP contribution is -2.51. The molecule has 0 spiro atoms. The highest BCUT2D eigenvalue weighted by Gasteiger charge is 2.34. The first kappa shape index (κ1) is 10.7. The van der Waals surface area contributed by atoms with Crippen LogP contribution in [0.1, 0.15) is 39.0 Å². The van der Waals surface area contributed by atoms with Crippen LogP contribution >= 0.6 is 0 Å². The average molecular weight is 185 g/mol. The van der Waals surface area contributed by atoms with Gasteiger partial charge in [0.1, 0.15) is 0 Å². The summed E-state index contributed by atoms with van der Waals surface area (Å²) in [5.74, 6) is 0.220. The fourth-order valence-electron chi connectivity index (χ4n) is 1.60. The molecule has 2 N–H and O–H groups in total. The van der Waals surface area contributed by atoms with Crippen LogP contribution in [0.4, 0.5) is 0 Å². The third kappa shape index (κ3) is 2.78. The van der Waals surface area contributed by atoms with Gasteiger partial charge in [-0.2, -0.15) is 0 Å². The van der Waals surface area contributed by atoms with E-state index in [1.165, 1.54) is 0 Å². The summed E-state index contributed by atoms with van der Waals surface area (Å²) in [7, 11) is 0. The van der Waals surface area contributed by atoms with E-state index in [-0.39, 0.29) is 5.78 Å². The van der Waals surface area contributed by atoms with Crippen molar-refractivity contribution in [2.75, 3.05) is 13.2 Å². The Morgan fingerprint density at radius 3 is 2.62 bits per heavy atom. The molecule has 1 fully saturated rings. The van der Waals surface area contributed by atoms with Gasteiger partial charge in [0.05, 0.1) is 5.54 Å². The molecule has 1 saturated heterocycles. The first-order valence-electron chi connectivity index (χ1n) is 5.09. The van der Waals surface area contributed by atoms with Gasteiger partial charge in [-0.15, -0.1) is 0 Å². The Labute approximate surface area is 79.6 Å². The van der Waals surface area contributed by atoms with Crippen molar-refractivity contribution in [3.8, 4) is 0 Å². The van der Waals surface area contributed by atoms with Gasteiger partial charge in [-0.05, 0) is 19.3 Å². The minimum Gasteiger partial charge on any atom is -0.381 e. The van der Waals surface area contributed by atoms with Crippen LogP contribution in [-0.2, 0) is 9.53 Å². The Hall–Kier alpha value is -0.410. The molecule has 13 heavy (non-hydrogen) atoms. The van der Waals surface area contributed by atoms with E-state index < -0.39 is 5.54 Å². The van der Waals surface area contributed by atoms with E-state index in [4.69, 9.17) is 10.5 Å². The largest absolute Gasteiger partial charge is 0.381 e. The molecule has 1 rings (SSSR count). The standard InChI is InChI=1S/C10H19NO2/c1-2-3-4-9(12)10(11)5-7-13-8-6-10/h2-8,11H2,1H3. The van der Waals surface area contributed by atoms with E-state index >= 15 is 0 Å². The van der Waals surface area contributed by atoms with Crippen LogP contribution in [0.5, 0.6) is 0 Å². The number of ketones is 1. The maximum absolute atomic E-state index is 11.7. The van der Waals surface area contributed by atoms with E-state index in [2.05, 4.69) is 6.92 Å². The second-order valence-corrected chi connectivity index (χ2v) is 3.80. The molecule has 0 aliphatic carbocycles. The number of unbranched alkanes of at least 4 members (excludes halogenated alkanes) is 1. The summed E-state index contributed by atoms with van der Waals surface area (Å²) in [5.41, 5.74) is 5.44. The molecular weight excluding hydrogens is 166 g/mol. The van der Waals surface area contributed by atoms with Gasteiger partial charge in [0.2, 0.25) is 0 Å². The van der Waals surface area contributed by atoms with Gasteiger partial charge in [-0.25, -0.2) is 0 Å². The van der Waals surface area contributed by atoms with Crippen LogP contribution < -0.4 is 5.73 Å². The molecule has 0 aromatic rings. The lowest BCUT2D eigenvalue weighted by atomic mass is 9.84. The molecule has 1 aliphatic rings. The lowest BCUT2D eigenvalue weighted by Gasteiger charge is -2.31. The van der Waals surface area contributed by atoms with Crippen molar-refractivity contribution in [1.29, 1.82) is 0 Å². The number of hydrogen-bond acceptors (Lipinski definition) is 3. The average Bonchev–Trinajstić information content (AvgIpc) is 2.15. The van der Waals surface area contributed by atoms with Gasteiger partial charge in [0, 0.05) is 19.6 Å². The SMILES string of the molecule is CCCCC(=O)C1(N)CCOCC1. The molecular formula is C10H19NO2. The molecule has 0 aromatic carbocycles. The quantitative estimate of drug-likeness (QED) is 0.717.